The Bertz CT molecular complexity index is 872. The van der Waals surface area contributed by atoms with Crippen LogP contribution in [0.1, 0.15) is 22.3 Å². The zero-order chi connectivity index (χ0) is 22.9. The molecule has 0 aliphatic rings. The summed E-state index contributed by atoms with van der Waals surface area (Å²) >= 11 is 0. The molecule has 11 heteroatoms. The summed E-state index contributed by atoms with van der Waals surface area (Å²) in [6.07, 6.45) is -17.5. The molecule has 0 radical (unpaired) electrons. The Morgan fingerprint density at radius 2 is 1.50 bits per heavy atom. The van der Waals surface area contributed by atoms with Crippen molar-refractivity contribution in [2.24, 2.45) is 0 Å². The van der Waals surface area contributed by atoms with Gasteiger partial charge in [0.05, 0.1) is 17.7 Å². The van der Waals surface area contributed by atoms with E-state index in [1.165, 1.54) is 6.07 Å². The molecule has 1 N–H and O–H groups in total. The molecule has 2 nitrogen and oxygen atoms in total. The van der Waals surface area contributed by atoms with Gasteiger partial charge in [-0.3, -0.25) is 0 Å². The second kappa shape index (κ2) is 8.37. The first-order valence-corrected chi connectivity index (χ1v) is 8.42. The number of halogens is 9. The summed E-state index contributed by atoms with van der Waals surface area (Å²) in [6.45, 7) is -0.591. The Morgan fingerprint density at radius 1 is 0.867 bits per heavy atom. The predicted octanol–water partition coefficient (Wildman–Crippen LogP) is 5.96. The number of rotatable bonds is 5. The molecule has 0 heterocycles. The van der Waals surface area contributed by atoms with Crippen LogP contribution in [0.3, 0.4) is 0 Å². The van der Waals surface area contributed by atoms with E-state index in [0.29, 0.717) is 12.1 Å². The molecule has 0 saturated carbocycles. The molecule has 0 aromatic heterocycles. The van der Waals surface area contributed by atoms with Crippen LogP contribution < -0.4 is 4.90 Å². The van der Waals surface area contributed by atoms with E-state index in [-0.39, 0.29) is 16.8 Å². The standard InChI is InChI=1S/C19H16F9NO/c1-11-5-6-14(8-15(11)18(23,24)25)29(10-16(30)19(26,27)28)9-12-3-2-4-13(7-12)17(20,21)22/h2-8,16,30H,9-10H2,1H3. The highest BCUT2D eigenvalue weighted by Gasteiger charge is 2.40. The summed E-state index contributed by atoms with van der Waals surface area (Å²) in [4.78, 5) is 0.752. The molecular formula is C19H16F9NO. The van der Waals surface area contributed by atoms with Gasteiger partial charge < -0.3 is 10.0 Å². The number of aliphatic hydroxyl groups excluding tert-OH is 1. The zero-order valence-corrected chi connectivity index (χ0v) is 15.3. The summed E-state index contributed by atoms with van der Waals surface area (Å²) in [5.41, 5.74) is -2.75. The number of hydrogen-bond donors (Lipinski definition) is 1. The minimum absolute atomic E-state index is 0.0895. The van der Waals surface area contributed by atoms with E-state index < -0.39 is 48.8 Å². The first kappa shape index (κ1) is 23.8. The van der Waals surface area contributed by atoms with Gasteiger partial charge in [-0.05, 0) is 42.3 Å². The fraction of sp³-hybridized carbons (Fsp3) is 0.368. The largest absolute Gasteiger partial charge is 0.416 e. The highest BCUT2D eigenvalue weighted by atomic mass is 19.4. The van der Waals surface area contributed by atoms with Crippen LogP contribution in [0.2, 0.25) is 0 Å². The monoisotopic (exact) mass is 445 g/mol. The highest BCUT2D eigenvalue weighted by Crippen LogP contribution is 2.35. The van der Waals surface area contributed by atoms with E-state index >= 15 is 0 Å². The maximum Gasteiger partial charge on any atom is 0.416 e. The van der Waals surface area contributed by atoms with Crippen LogP contribution in [0.15, 0.2) is 42.5 Å². The first-order chi connectivity index (χ1) is 13.6. The SMILES string of the molecule is Cc1ccc(N(Cc2cccc(C(F)(F)F)c2)CC(O)C(F)(F)F)cc1C(F)(F)F. The smallest absolute Gasteiger partial charge is 0.382 e. The summed E-state index contributed by atoms with van der Waals surface area (Å²) in [6, 6.07) is 6.43. The van der Waals surface area contributed by atoms with Gasteiger partial charge in [0.2, 0.25) is 0 Å². The summed E-state index contributed by atoms with van der Waals surface area (Å²) in [5.74, 6) is 0. The number of aliphatic hydroxyl groups is 1. The van der Waals surface area contributed by atoms with Gasteiger partial charge in [0.15, 0.2) is 6.10 Å². The number of aryl methyl sites for hydroxylation is 1. The van der Waals surface area contributed by atoms with Crippen molar-refractivity contribution in [2.45, 2.75) is 38.1 Å². The molecule has 0 aliphatic heterocycles. The van der Waals surface area contributed by atoms with E-state index in [9.17, 15) is 44.6 Å². The average Bonchev–Trinajstić information content (AvgIpc) is 2.59. The lowest BCUT2D eigenvalue weighted by Crippen LogP contribution is -2.41. The molecule has 0 amide bonds. The van der Waals surface area contributed by atoms with Crippen LogP contribution in [0.5, 0.6) is 0 Å². The maximum atomic E-state index is 13.2. The number of hydrogen-bond acceptors (Lipinski definition) is 2. The minimum atomic E-state index is -5.07. The van der Waals surface area contributed by atoms with Crippen molar-refractivity contribution in [1.82, 2.24) is 0 Å². The molecular weight excluding hydrogens is 429 g/mol. The molecule has 1 unspecified atom stereocenters. The topological polar surface area (TPSA) is 23.5 Å². The Morgan fingerprint density at radius 3 is 2.03 bits per heavy atom. The Labute approximate surface area is 165 Å². The van der Waals surface area contributed by atoms with E-state index in [1.807, 2.05) is 0 Å². The summed E-state index contributed by atoms with van der Waals surface area (Å²) in [5, 5.41) is 9.39. The molecule has 1 atom stereocenters. The van der Waals surface area contributed by atoms with Crippen molar-refractivity contribution in [1.29, 1.82) is 0 Å². The Hall–Kier alpha value is -2.43. The van der Waals surface area contributed by atoms with Crippen molar-refractivity contribution in [3.8, 4) is 0 Å². The van der Waals surface area contributed by atoms with Crippen molar-refractivity contribution in [2.75, 3.05) is 11.4 Å². The second-order valence-electron chi connectivity index (χ2n) is 6.63. The van der Waals surface area contributed by atoms with E-state index in [0.717, 1.165) is 36.1 Å². The molecule has 0 saturated heterocycles. The average molecular weight is 445 g/mol. The Balaban J connectivity index is 2.47. The summed E-state index contributed by atoms with van der Waals surface area (Å²) in [7, 11) is 0. The quantitative estimate of drug-likeness (QED) is 0.574. The maximum absolute atomic E-state index is 13.2. The lowest BCUT2D eigenvalue weighted by atomic mass is 10.1. The van der Waals surface area contributed by atoms with Gasteiger partial charge >= 0.3 is 18.5 Å². The van der Waals surface area contributed by atoms with Gasteiger partial charge in [0.1, 0.15) is 0 Å². The van der Waals surface area contributed by atoms with Gasteiger partial charge in [-0.1, -0.05) is 18.2 Å². The van der Waals surface area contributed by atoms with Crippen LogP contribution in [-0.4, -0.2) is 23.9 Å². The highest BCUT2D eigenvalue weighted by molar-refractivity contribution is 5.52. The van der Waals surface area contributed by atoms with Gasteiger partial charge in [-0.25, -0.2) is 0 Å². The van der Waals surface area contributed by atoms with Crippen molar-refractivity contribution in [3.05, 3.63) is 64.7 Å². The molecule has 0 spiro atoms. The van der Waals surface area contributed by atoms with Crippen LogP contribution in [0.4, 0.5) is 45.2 Å². The van der Waals surface area contributed by atoms with Gasteiger partial charge in [0, 0.05) is 12.2 Å². The van der Waals surface area contributed by atoms with E-state index in [4.69, 9.17) is 0 Å². The molecule has 0 aliphatic carbocycles. The number of alkyl halides is 9. The van der Waals surface area contributed by atoms with Gasteiger partial charge in [0.25, 0.3) is 0 Å². The fourth-order valence-electron chi connectivity index (χ4n) is 2.75. The molecule has 2 aromatic rings. The van der Waals surface area contributed by atoms with Crippen LogP contribution in [-0.2, 0) is 18.9 Å². The third-order valence-corrected chi connectivity index (χ3v) is 4.29. The van der Waals surface area contributed by atoms with Crippen molar-refractivity contribution in [3.63, 3.8) is 0 Å². The van der Waals surface area contributed by atoms with Crippen molar-refractivity contribution < 1.29 is 44.6 Å². The van der Waals surface area contributed by atoms with Gasteiger partial charge in [-0.15, -0.1) is 0 Å². The Kier molecular flexibility index (Phi) is 6.65. The number of nitrogens with zero attached hydrogens (tertiary/aromatic N) is 1. The predicted molar refractivity (Wildman–Crippen MR) is 90.7 cm³/mol. The third kappa shape index (κ3) is 6.04. The van der Waals surface area contributed by atoms with Crippen LogP contribution in [0, 0.1) is 6.92 Å². The molecule has 2 rings (SSSR count). The van der Waals surface area contributed by atoms with E-state index in [1.54, 1.807) is 0 Å². The lowest BCUT2D eigenvalue weighted by molar-refractivity contribution is -0.200. The number of benzene rings is 2. The normalized spacial score (nSPS) is 14.0. The van der Waals surface area contributed by atoms with Crippen LogP contribution >= 0.6 is 0 Å². The minimum Gasteiger partial charge on any atom is -0.382 e. The third-order valence-electron chi connectivity index (χ3n) is 4.29. The number of anilines is 1. The molecule has 0 fully saturated rings. The lowest BCUT2D eigenvalue weighted by Gasteiger charge is -2.29. The van der Waals surface area contributed by atoms with Crippen LogP contribution in [0.25, 0.3) is 0 Å². The second-order valence-corrected chi connectivity index (χ2v) is 6.63. The van der Waals surface area contributed by atoms with E-state index in [2.05, 4.69) is 0 Å². The summed E-state index contributed by atoms with van der Waals surface area (Å²) < 4.78 is 117. The van der Waals surface area contributed by atoms with Gasteiger partial charge in [-0.2, -0.15) is 39.5 Å². The fourth-order valence-corrected chi connectivity index (χ4v) is 2.75. The molecule has 30 heavy (non-hydrogen) atoms. The molecule has 166 valence electrons. The molecule has 2 aromatic carbocycles. The zero-order valence-electron chi connectivity index (χ0n) is 15.3. The molecule has 0 bridgehead atoms. The first-order valence-electron chi connectivity index (χ1n) is 8.42. The van der Waals surface area contributed by atoms with Crippen molar-refractivity contribution >= 4 is 5.69 Å².